The summed E-state index contributed by atoms with van der Waals surface area (Å²) in [5, 5.41) is 5.49. The van der Waals surface area contributed by atoms with Gasteiger partial charge in [0.15, 0.2) is 11.5 Å². The molecule has 0 spiro atoms. The highest BCUT2D eigenvalue weighted by Crippen LogP contribution is 2.29. The Morgan fingerprint density at radius 3 is 2.41 bits per heavy atom. The van der Waals surface area contributed by atoms with Gasteiger partial charge in [0.05, 0.1) is 24.5 Å². The highest BCUT2D eigenvalue weighted by molar-refractivity contribution is 6.09. The van der Waals surface area contributed by atoms with Crippen LogP contribution < -0.4 is 20.1 Å². The van der Waals surface area contributed by atoms with Crippen molar-refractivity contribution in [1.82, 2.24) is 5.32 Å². The van der Waals surface area contributed by atoms with Crippen LogP contribution in [-0.4, -0.2) is 31.6 Å². The second-order valence-corrected chi connectivity index (χ2v) is 5.53. The zero-order chi connectivity index (χ0) is 19.6. The Morgan fingerprint density at radius 1 is 1.00 bits per heavy atom. The van der Waals surface area contributed by atoms with E-state index in [0.717, 1.165) is 0 Å². The molecule has 0 unspecified atom stereocenters. The molecule has 0 fully saturated rings. The highest BCUT2D eigenvalue weighted by Gasteiger charge is 2.15. The van der Waals surface area contributed by atoms with E-state index >= 15 is 0 Å². The van der Waals surface area contributed by atoms with E-state index in [4.69, 9.17) is 9.47 Å². The number of nitrogens with one attached hydrogen (secondary N) is 2. The lowest BCUT2D eigenvalue weighted by Gasteiger charge is -2.14. The molecule has 0 saturated heterocycles. The molecule has 2 aromatic rings. The summed E-state index contributed by atoms with van der Waals surface area (Å²) < 4.78 is 11.1. The van der Waals surface area contributed by atoms with Gasteiger partial charge in [-0.05, 0) is 44.2 Å². The van der Waals surface area contributed by atoms with Crippen LogP contribution in [0, 0.1) is 0 Å². The average molecular weight is 368 g/mol. The molecular weight excluding hydrogens is 344 g/mol. The number of para-hydroxylation sites is 1. The number of hydrogen-bond acceptors (Lipinski definition) is 4. The Hall–Kier alpha value is -3.28. The van der Waals surface area contributed by atoms with E-state index < -0.39 is 0 Å². The molecule has 0 aliphatic rings. The second kappa shape index (κ2) is 10.0. The van der Waals surface area contributed by atoms with Crippen LogP contribution in [0.3, 0.4) is 0 Å². The third-order valence-corrected chi connectivity index (χ3v) is 3.63. The first-order valence-corrected chi connectivity index (χ1v) is 8.79. The van der Waals surface area contributed by atoms with Gasteiger partial charge in [-0.2, -0.15) is 0 Å². The lowest BCUT2D eigenvalue weighted by Crippen LogP contribution is -2.25. The van der Waals surface area contributed by atoms with Crippen molar-refractivity contribution in [3.8, 4) is 11.5 Å². The topological polar surface area (TPSA) is 76.7 Å². The maximum absolute atomic E-state index is 12.7. The van der Waals surface area contributed by atoms with Gasteiger partial charge in [-0.15, -0.1) is 6.58 Å². The van der Waals surface area contributed by atoms with Gasteiger partial charge in [-0.3, -0.25) is 9.59 Å². The van der Waals surface area contributed by atoms with Gasteiger partial charge < -0.3 is 20.1 Å². The normalized spacial score (nSPS) is 10.0. The van der Waals surface area contributed by atoms with Crippen LogP contribution in [0.1, 0.15) is 34.6 Å². The number of carbonyl (C=O) groups is 2. The molecule has 0 heterocycles. The SMILES string of the molecule is C=CCNC(=O)c1ccccc1NC(=O)c1ccc(OCC)c(OCC)c1. The first kappa shape index (κ1) is 20.0. The highest BCUT2D eigenvalue weighted by atomic mass is 16.5. The molecular formula is C21H24N2O4. The van der Waals surface area contributed by atoms with Crippen LogP contribution in [0.25, 0.3) is 0 Å². The maximum Gasteiger partial charge on any atom is 0.255 e. The predicted molar refractivity (Wildman–Crippen MR) is 106 cm³/mol. The third-order valence-electron chi connectivity index (χ3n) is 3.63. The van der Waals surface area contributed by atoms with Crippen LogP contribution in [-0.2, 0) is 0 Å². The second-order valence-electron chi connectivity index (χ2n) is 5.53. The number of amides is 2. The Labute approximate surface area is 159 Å². The van der Waals surface area contributed by atoms with Crippen LogP contribution in [0.4, 0.5) is 5.69 Å². The van der Waals surface area contributed by atoms with Gasteiger partial charge >= 0.3 is 0 Å². The van der Waals surface area contributed by atoms with Gasteiger partial charge in [0.25, 0.3) is 11.8 Å². The average Bonchev–Trinajstić information content (AvgIpc) is 2.68. The zero-order valence-corrected chi connectivity index (χ0v) is 15.6. The number of hydrogen-bond donors (Lipinski definition) is 2. The summed E-state index contributed by atoms with van der Waals surface area (Å²) in [7, 11) is 0. The van der Waals surface area contributed by atoms with Crippen LogP contribution >= 0.6 is 0 Å². The Morgan fingerprint density at radius 2 is 1.70 bits per heavy atom. The van der Waals surface area contributed by atoms with E-state index in [9.17, 15) is 9.59 Å². The fourth-order valence-electron chi connectivity index (χ4n) is 2.44. The summed E-state index contributed by atoms with van der Waals surface area (Å²) in [4.78, 5) is 24.9. The van der Waals surface area contributed by atoms with Crippen molar-refractivity contribution < 1.29 is 19.1 Å². The number of ether oxygens (including phenoxy) is 2. The van der Waals surface area contributed by atoms with Crippen molar-refractivity contribution in [1.29, 1.82) is 0 Å². The van der Waals surface area contributed by atoms with E-state index in [1.54, 1.807) is 48.5 Å². The van der Waals surface area contributed by atoms with Gasteiger partial charge in [-0.25, -0.2) is 0 Å². The standard InChI is InChI=1S/C21H24N2O4/c1-4-13-22-21(25)16-9-7-8-10-17(16)23-20(24)15-11-12-18(26-5-2)19(14-15)27-6-3/h4,7-12,14H,1,5-6,13H2,2-3H3,(H,22,25)(H,23,24). The minimum Gasteiger partial charge on any atom is -0.490 e. The molecule has 2 aromatic carbocycles. The summed E-state index contributed by atoms with van der Waals surface area (Å²) in [6.45, 7) is 8.61. The lowest BCUT2D eigenvalue weighted by atomic mass is 10.1. The summed E-state index contributed by atoms with van der Waals surface area (Å²) >= 11 is 0. The van der Waals surface area contributed by atoms with Crippen molar-refractivity contribution in [2.75, 3.05) is 25.1 Å². The molecule has 6 nitrogen and oxygen atoms in total. The number of benzene rings is 2. The smallest absolute Gasteiger partial charge is 0.255 e. The Balaban J connectivity index is 2.23. The van der Waals surface area contributed by atoms with E-state index in [1.165, 1.54) is 0 Å². The molecule has 2 rings (SSSR count). The molecule has 0 aliphatic heterocycles. The zero-order valence-electron chi connectivity index (χ0n) is 15.6. The van der Waals surface area contributed by atoms with E-state index in [-0.39, 0.29) is 11.8 Å². The quantitative estimate of drug-likeness (QED) is 0.663. The number of rotatable bonds is 9. The van der Waals surface area contributed by atoms with Crippen molar-refractivity contribution in [2.45, 2.75) is 13.8 Å². The Bertz CT molecular complexity index is 818. The number of carbonyl (C=O) groups excluding carboxylic acids is 2. The predicted octanol–water partition coefficient (Wildman–Crippen LogP) is 3.65. The largest absolute Gasteiger partial charge is 0.490 e. The summed E-state index contributed by atoms with van der Waals surface area (Å²) in [5.41, 5.74) is 1.21. The Kier molecular flexibility index (Phi) is 7.43. The van der Waals surface area contributed by atoms with Crippen molar-refractivity contribution in [3.63, 3.8) is 0 Å². The van der Waals surface area contributed by atoms with Crippen LogP contribution in [0.5, 0.6) is 11.5 Å². The molecule has 2 amide bonds. The first-order chi connectivity index (χ1) is 13.1. The molecule has 0 atom stereocenters. The summed E-state index contributed by atoms with van der Waals surface area (Å²) in [5.74, 6) is 0.458. The minimum absolute atomic E-state index is 0.285. The van der Waals surface area contributed by atoms with E-state index in [0.29, 0.717) is 48.1 Å². The van der Waals surface area contributed by atoms with Gasteiger partial charge in [-0.1, -0.05) is 18.2 Å². The molecule has 2 N–H and O–H groups in total. The lowest BCUT2D eigenvalue weighted by molar-refractivity contribution is 0.0959. The molecule has 0 saturated carbocycles. The summed E-state index contributed by atoms with van der Waals surface area (Å²) in [6, 6.07) is 11.8. The van der Waals surface area contributed by atoms with Crippen molar-refractivity contribution in [2.24, 2.45) is 0 Å². The first-order valence-electron chi connectivity index (χ1n) is 8.79. The van der Waals surface area contributed by atoms with E-state index in [1.807, 2.05) is 13.8 Å². The molecule has 142 valence electrons. The fraction of sp³-hybridized carbons (Fsp3) is 0.238. The summed E-state index contributed by atoms with van der Waals surface area (Å²) in [6.07, 6.45) is 1.59. The maximum atomic E-state index is 12.7. The van der Waals surface area contributed by atoms with Crippen molar-refractivity contribution in [3.05, 3.63) is 66.2 Å². The molecule has 27 heavy (non-hydrogen) atoms. The number of anilines is 1. The molecule has 0 radical (unpaired) electrons. The monoisotopic (exact) mass is 368 g/mol. The van der Waals surface area contributed by atoms with Gasteiger partial charge in [0, 0.05) is 12.1 Å². The van der Waals surface area contributed by atoms with Gasteiger partial charge in [0.2, 0.25) is 0 Å². The molecule has 0 aromatic heterocycles. The third kappa shape index (κ3) is 5.34. The molecule has 0 aliphatic carbocycles. The molecule has 0 bridgehead atoms. The molecule has 6 heteroatoms. The van der Waals surface area contributed by atoms with E-state index in [2.05, 4.69) is 17.2 Å². The van der Waals surface area contributed by atoms with Crippen LogP contribution in [0.15, 0.2) is 55.1 Å². The van der Waals surface area contributed by atoms with Crippen molar-refractivity contribution >= 4 is 17.5 Å². The van der Waals surface area contributed by atoms with Gasteiger partial charge in [0.1, 0.15) is 0 Å². The fourth-order valence-corrected chi connectivity index (χ4v) is 2.44. The minimum atomic E-state index is -0.344. The van der Waals surface area contributed by atoms with Crippen LogP contribution in [0.2, 0.25) is 0 Å².